The van der Waals surface area contributed by atoms with Crippen LogP contribution in [0.25, 0.3) is 0 Å². The molecule has 1 amide bonds. The van der Waals surface area contributed by atoms with Crippen LogP contribution in [-0.2, 0) is 35.9 Å². The van der Waals surface area contributed by atoms with E-state index in [0.717, 1.165) is 12.0 Å². The Hall–Kier alpha value is -2.95. The second-order valence-corrected chi connectivity index (χ2v) is 10.2. The van der Waals surface area contributed by atoms with Crippen LogP contribution in [0.2, 0.25) is 0 Å². The standard InChI is InChI=1S/C27H32FNO7S/c1-2-34-27(32)22-9-7-20(8-10-22)19-37(33)26-18-25(31)29(26)15-17-36-35-16-5-3-4-6-24(30)21-11-13-23(28)14-12-21/h7-14,26H,2-6,15-19H2,1H3. The molecule has 8 nitrogen and oxygen atoms in total. The lowest BCUT2D eigenvalue weighted by Gasteiger charge is -2.39. The van der Waals surface area contributed by atoms with E-state index in [4.69, 9.17) is 14.5 Å². The zero-order valence-electron chi connectivity index (χ0n) is 20.9. The zero-order chi connectivity index (χ0) is 26.6. The average Bonchev–Trinajstić information content (AvgIpc) is 2.89. The molecule has 1 saturated heterocycles. The molecule has 0 aromatic heterocycles. The molecule has 0 spiro atoms. The molecule has 2 unspecified atom stereocenters. The maximum atomic E-state index is 12.9. The number of benzene rings is 2. The number of likely N-dealkylation sites (tertiary alicyclic amines) is 1. The number of carbonyl (C=O) groups is 3. The molecule has 1 heterocycles. The number of carbonyl (C=O) groups excluding carboxylic acids is 3. The normalized spacial score (nSPS) is 15.8. The molecule has 0 N–H and O–H groups in total. The van der Waals surface area contributed by atoms with Crippen LogP contribution in [0.15, 0.2) is 48.5 Å². The molecular weight excluding hydrogens is 501 g/mol. The smallest absolute Gasteiger partial charge is 0.338 e. The Morgan fingerprint density at radius 1 is 0.973 bits per heavy atom. The van der Waals surface area contributed by atoms with Gasteiger partial charge in [-0.15, -0.1) is 0 Å². The van der Waals surface area contributed by atoms with Crippen molar-refractivity contribution >= 4 is 28.5 Å². The van der Waals surface area contributed by atoms with Crippen molar-refractivity contribution in [3.63, 3.8) is 0 Å². The molecule has 3 rings (SSSR count). The lowest BCUT2D eigenvalue weighted by atomic mass is 10.0. The Labute approximate surface area is 218 Å². The SMILES string of the molecule is CCOC(=O)c1ccc(CS(=O)C2CC(=O)N2CCOOCCCCCC(=O)c2ccc(F)cc2)cc1. The number of nitrogens with zero attached hydrogens (tertiary/aromatic N) is 1. The second-order valence-electron chi connectivity index (χ2n) is 8.57. The van der Waals surface area contributed by atoms with Crippen LogP contribution in [0, 0.1) is 5.82 Å². The van der Waals surface area contributed by atoms with Crippen molar-refractivity contribution in [2.24, 2.45) is 0 Å². The first-order valence-corrected chi connectivity index (χ1v) is 13.7. The van der Waals surface area contributed by atoms with Gasteiger partial charge >= 0.3 is 5.97 Å². The molecule has 2 aromatic rings. The molecule has 10 heteroatoms. The molecule has 200 valence electrons. The van der Waals surface area contributed by atoms with E-state index < -0.39 is 16.8 Å². The number of halogens is 1. The van der Waals surface area contributed by atoms with Gasteiger partial charge in [-0.2, -0.15) is 0 Å². The molecule has 0 radical (unpaired) electrons. The predicted molar refractivity (Wildman–Crippen MR) is 135 cm³/mol. The fourth-order valence-electron chi connectivity index (χ4n) is 3.80. The highest BCUT2D eigenvalue weighted by Gasteiger charge is 2.39. The second kappa shape index (κ2) is 14.7. The van der Waals surface area contributed by atoms with Crippen LogP contribution in [0.3, 0.4) is 0 Å². The van der Waals surface area contributed by atoms with Crippen molar-refractivity contribution < 1.29 is 37.5 Å². The summed E-state index contributed by atoms with van der Waals surface area (Å²) in [5.74, 6) is -0.582. The molecular formula is C27H32FNO7S. The molecule has 1 aliphatic rings. The number of esters is 1. The van der Waals surface area contributed by atoms with Gasteiger partial charge in [0.15, 0.2) is 5.78 Å². The van der Waals surface area contributed by atoms with E-state index in [1.165, 1.54) is 29.2 Å². The number of Topliss-reactive ketones (excluding diaryl/α,β-unsaturated/α-hetero) is 1. The predicted octanol–water partition coefficient (Wildman–Crippen LogP) is 4.20. The summed E-state index contributed by atoms with van der Waals surface area (Å²) in [6.07, 6.45) is 2.80. The number of ether oxygens (including phenoxy) is 1. The number of ketones is 1. The third-order valence-corrected chi connectivity index (χ3v) is 7.54. The number of hydrogen-bond donors (Lipinski definition) is 0. The molecule has 0 saturated carbocycles. The fourth-order valence-corrected chi connectivity index (χ4v) is 5.35. The summed E-state index contributed by atoms with van der Waals surface area (Å²) in [4.78, 5) is 47.6. The summed E-state index contributed by atoms with van der Waals surface area (Å²) in [5, 5.41) is -0.375. The third kappa shape index (κ3) is 8.84. The van der Waals surface area contributed by atoms with E-state index in [2.05, 4.69) is 0 Å². The van der Waals surface area contributed by atoms with Crippen LogP contribution in [0.1, 0.15) is 65.3 Å². The minimum atomic E-state index is -1.29. The first-order valence-electron chi connectivity index (χ1n) is 12.3. The van der Waals surface area contributed by atoms with Crippen LogP contribution >= 0.6 is 0 Å². The summed E-state index contributed by atoms with van der Waals surface area (Å²) in [7, 11) is -1.29. The van der Waals surface area contributed by atoms with Gasteiger partial charge in [-0.05, 0) is 61.7 Å². The van der Waals surface area contributed by atoms with Gasteiger partial charge in [0.1, 0.15) is 11.2 Å². The Bertz CT molecular complexity index is 1080. The number of hydrogen-bond acceptors (Lipinski definition) is 7. The maximum Gasteiger partial charge on any atom is 0.338 e. The summed E-state index contributed by atoms with van der Waals surface area (Å²) < 4.78 is 30.7. The summed E-state index contributed by atoms with van der Waals surface area (Å²) in [6, 6.07) is 12.3. The molecule has 1 fully saturated rings. The number of unbranched alkanes of at least 4 members (excludes halogenated alkanes) is 2. The van der Waals surface area contributed by atoms with Crippen molar-refractivity contribution in [1.82, 2.24) is 4.90 Å². The highest BCUT2D eigenvalue weighted by atomic mass is 32.2. The minimum absolute atomic E-state index is 0.0167. The van der Waals surface area contributed by atoms with Crippen LogP contribution in [0.5, 0.6) is 0 Å². The topological polar surface area (TPSA) is 99.2 Å². The lowest BCUT2D eigenvalue weighted by Crippen LogP contribution is -2.55. The van der Waals surface area contributed by atoms with Crippen LogP contribution < -0.4 is 0 Å². The van der Waals surface area contributed by atoms with E-state index in [0.29, 0.717) is 43.6 Å². The van der Waals surface area contributed by atoms with Crippen molar-refractivity contribution in [2.45, 2.75) is 50.2 Å². The molecule has 0 bridgehead atoms. The van der Waals surface area contributed by atoms with Gasteiger partial charge in [0.05, 0.1) is 37.6 Å². The van der Waals surface area contributed by atoms with Crippen LogP contribution in [-0.4, -0.2) is 58.5 Å². The summed E-state index contributed by atoms with van der Waals surface area (Å²) in [6.45, 7) is 2.84. The van der Waals surface area contributed by atoms with E-state index >= 15 is 0 Å². The quantitative estimate of drug-likeness (QED) is 0.0796. The van der Waals surface area contributed by atoms with Gasteiger partial charge in [0.25, 0.3) is 0 Å². The van der Waals surface area contributed by atoms with Gasteiger partial charge in [0, 0.05) is 29.3 Å². The monoisotopic (exact) mass is 533 g/mol. The van der Waals surface area contributed by atoms with E-state index in [9.17, 15) is 23.0 Å². The Balaban J connectivity index is 1.26. The zero-order valence-corrected chi connectivity index (χ0v) is 21.7. The fraction of sp³-hybridized carbons (Fsp3) is 0.444. The molecule has 37 heavy (non-hydrogen) atoms. The molecule has 0 aliphatic carbocycles. The molecule has 1 aliphatic heterocycles. The number of rotatable bonds is 16. The summed E-state index contributed by atoms with van der Waals surface area (Å²) in [5.41, 5.74) is 1.75. The Morgan fingerprint density at radius 2 is 1.65 bits per heavy atom. The third-order valence-electron chi connectivity index (χ3n) is 5.89. The lowest BCUT2D eigenvalue weighted by molar-refractivity contribution is -0.296. The average molecular weight is 534 g/mol. The van der Waals surface area contributed by atoms with Gasteiger partial charge in [-0.3, -0.25) is 13.8 Å². The van der Waals surface area contributed by atoms with Gasteiger partial charge in [-0.25, -0.2) is 19.0 Å². The van der Waals surface area contributed by atoms with Gasteiger partial charge in [-0.1, -0.05) is 18.6 Å². The highest BCUT2D eigenvalue weighted by molar-refractivity contribution is 7.84. The Morgan fingerprint density at radius 3 is 2.32 bits per heavy atom. The first kappa shape index (κ1) is 28.6. The van der Waals surface area contributed by atoms with Crippen molar-refractivity contribution in [3.8, 4) is 0 Å². The van der Waals surface area contributed by atoms with Crippen molar-refractivity contribution in [3.05, 3.63) is 71.0 Å². The van der Waals surface area contributed by atoms with E-state index in [1.807, 2.05) is 0 Å². The molecule has 2 aromatic carbocycles. The minimum Gasteiger partial charge on any atom is -0.462 e. The largest absolute Gasteiger partial charge is 0.462 e. The number of amides is 1. The number of β-lactam (4-membered cyclic amide) rings is 1. The molecule has 2 atom stereocenters. The van der Waals surface area contributed by atoms with E-state index in [-0.39, 0.29) is 48.2 Å². The summed E-state index contributed by atoms with van der Waals surface area (Å²) >= 11 is 0. The van der Waals surface area contributed by atoms with Crippen LogP contribution in [0.4, 0.5) is 4.39 Å². The van der Waals surface area contributed by atoms with Crippen molar-refractivity contribution in [2.75, 3.05) is 26.4 Å². The van der Waals surface area contributed by atoms with Gasteiger partial charge < -0.3 is 9.64 Å². The maximum absolute atomic E-state index is 12.9. The van der Waals surface area contributed by atoms with Gasteiger partial charge in [0.2, 0.25) is 5.91 Å². The van der Waals surface area contributed by atoms with Crippen molar-refractivity contribution in [1.29, 1.82) is 0 Å². The van der Waals surface area contributed by atoms with E-state index in [1.54, 1.807) is 31.2 Å². The first-order chi connectivity index (χ1) is 17.9. The highest BCUT2D eigenvalue weighted by Crippen LogP contribution is 2.24. The Kier molecular flexibility index (Phi) is 11.4.